The van der Waals surface area contributed by atoms with Gasteiger partial charge in [0.2, 0.25) is 0 Å². The summed E-state index contributed by atoms with van der Waals surface area (Å²) in [5.74, 6) is 3.03. The Morgan fingerprint density at radius 3 is 2.47 bits per heavy atom. The Morgan fingerprint density at radius 2 is 1.95 bits per heavy atom. The van der Waals surface area contributed by atoms with E-state index in [2.05, 4.69) is 6.92 Å². The highest BCUT2D eigenvalue weighted by atomic mass is 16.3. The Labute approximate surface area is 116 Å². The van der Waals surface area contributed by atoms with E-state index in [-0.39, 0.29) is 5.92 Å². The number of aryl methyl sites for hydroxylation is 2. The molecule has 0 amide bonds. The van der Waals surface area contributed by atoms with Crippen molar-refractivity contribution in [2.45, 2.75) is 65.7 Å². The molecule has 2 heteroatoms. The molecule has 1 aromatic heterocycles. The van der Waals surface area contributed by atoms with E-state index in [1.54, 1.807) is 0 Å². The van der Waals surface area contributed by atoms with E-state index in [0.29, 0.717) is 5.78 Å². The average molecular weight is 262 g/mol. The van der Waals surface area contributed by atoms with Gasteiger partial charge >= 0.3 is 0 Å². The molecule has 1 aliphatic rings. The lowest BCUT2D eigenvalue weighted by atomic mass is 9.77. The normalized spacial score (nSPS) is 23.5. The van der Waals surface area contributed by atoms with Gasteiger partial charge in [-0.3, -0.25) is 4.79 Å². The summed E-state index contributed by atoms with van der Waals surface area (Å²) in [5.41, 5.74) is 0.814. The van der Waals surface area contributed by atoms with Gasteiger partial charge in [-0.15, -0.1) is 0 Å². The van der Waals surface area contributed by atoms with Gasteiger partial charge in [-0.25, -0.2) is 0 Å². The number of carbonyl (C=O) groups is 1. The van der Waals surface area contributed by atoms with E-state index in [1.807, 2.05) is 19.9 Å². The molecular weight excluding hydrogens is 236 g/mol. The highest BCUT2D eigenvalue weighted by molar-refractivity contribution is 5.98. The predicted octanol–water partition coefficient (Wildman–Crippen LogP) is 5.08. The van der Waals surface area contributed by atoms with Crippen molar-refractivity contribution < 1.29 is 9.21 Å². The van der Waals surface area contributed by atoms with Gasteiger partial charge in [0.25, 0.3) is 0 Å². The number of ketones is 1. The van der Waals surface area contributed by atoms with Crippen molar-refractivity contribution in [1.82, 2.24) is 0 Å². The molecule has 0 aromatic carbocycles. The van der Waals surface area contributed by atoms with Crippen LogP contribution in [0.1, 0.15) is 73.7 Å². The molecule has 0 aliphatic heterocycles. The van der Waals surface area contributed by atoms with E-state index in [4.69, 9.17) is 4.42 Å². The van der Waals surface area contributed by atoms with Gasteiger partial charge in [0, 0.05) is 5.92 Å². The molecule has 0 saturated heterocycles. The van der Waals surface area contributed by atoms with Crippen molar-refractivity contribution in [2.24, 2.45) is 11.8 Å². The van der Waals surface area contributed by atoms with Crippen LogP contribution in [0.3, 0.4) is 0 Å². The van der Waals surface area contributed by atoms with Gasteiger partial charge in [0.15, 0.2) is 5.78 Å². The maximum Gasteiger partial charge on any atom is 0.169 e. The van der Waals surface area contributed by atoms with Gasteiger partial charge in [-0.1, -0.05) is 26.2 Å². The molecule has 0 bridgehead atoms. The second-order valence-electron chi connectivity index (χ2n) is 6.05. The molecule has 0 atom stereocenters. The molecule has 2 nitrogen and oxygen atoms in total. The number of hydrogen-bond acceptors (Lipinski definition) is 2. The molecule has 1 aliphatic carbocycles. The van der Waals surface area contributed by atoms with Crippen LogP contribution in [-0.4, -0.2) is 5.78 Å². The van der Waals surface area contributed by atoms with Crippen LogP contribution < -0.4 is 0 Å². The molecule has 1 fully saturated rings. The lowest BCUT2D eigenvalue weighted by Gasteiger charge is -2.27. The number of rotatable bonds is 5. The molecule has 0 radical (unpaired) electrons. The van der Waals surface area contributed by atoms with Crippen LogP contribution in [-0.2, 0) is 0 Å². The van der Waals surface area contributed by atoms with Gasteiger partial charge in [0.1, 0.15) is 11.5 Å². The van der Waals surface area contributed by atoms with Crippen LogP contribution in [0.2, 0.25) is 0 Å². The maximum atomic E-state index is 12.5. The Kier molecular flexibility index (Phi) is 4.84. The van der Waals surface area contributed by atoms with Crippen molar-refractivity contribution in [1.29, 1.82) is 0 Å². The third-order valence-electron chi connectivity index (χ3n) is 4.49. The van der Waals surface area contributed by atoms with Crippen molar-refractivity contribution in [3.8, 4) is 0 Å². The first-order chi connectivity index (χ1) is 9.11. The Hall–Kier alpha value is -1.05. The minimum atomic E-state index is 0.230. The molecule has 2 rings (SSSR count). The fourth-order valence-corrected chi connectivity index (χ4v) is 3.30. The molecule has 19 heavy (non-hydrogen) atoms. The molecule has 0 N–H and O–H groups in total. The first kappa shape index (κ1) is 14.4. The number of carbonyl (C=O) groups excluding carboxylic acids is 1. The summed E-state index contributed by atoms with van der Waals surface area (Å²) < 4.78 is 5.48. The number of furan rings is 1. The van der Waals surface area contributed by atoms with E-state index >= 15 is 0 Å². The molecule has 0 unspecified atom stereocenters. The zero-order chi connectivity index (χ0) is 13.8. The fourth-order valence-electron chi connectivity index (χ4n) is 3.30. The van der Waals surface area contributed by atoms with Gasteiger partial charge in [-0.2, -0.15) is 0 Å². The van der Waals surface area contributed by atoms with Crippen molar-refractivity contribution in [3.63, 3.8) is 0 Å². The van der Waals surface area contributed by atoms with E-state index in [1.165, 1.54) is 32.1 Å². The van der Waals surface area contributed by atoms with Crippen LogP contribution in [0.25, 0.3) is 0 Å². The fraction of sp³-hybridized carbons (Fsp3) is 0.706. The largest absolute Gasteiger partial charge is 0.466 e. The van der Waals surface area contributed by atoms with Gasteiger partial charge < -0.3 is 4.42 Å². The van der Waals surface area contributed by atoms with Crippen LogP contribution in [0.15, 0.2) is 10.5 Å². The molecule has 1 saturated carbocycles. The summed E-state index contributed by atoms with van der Waals surface area (Å²) in [4.78, 5) is 12.5. The average Bonchev–Trinajstić information content (AvgIpc) is 2.75. The summed E-state index contributed by atoms with van der Waals surface area (Å²) in [5, 5.41) is 0. The van der Waals surface area contributed by atoms with Crippen molar-refractivity contribution in [2.75, 3.05) is 0 Å². The molecule has 1 heterocycles. The third kappa shape index (κ3) is 3.49. The van der Waals surface area contributed by atoms with Crippen molar-refractivity contribution in [3.05, 3.63) is 23.2 Å². The predicted molar refractivity (Wildman–Crippen MR) is 77.5 cm³/mol. The Bertz CT molecular complexity index is 422. The third-order valence-corrected chi connectivity index (χ3v) is 4.49. The van der Waals surface area contributed by atoms with Crippen LogP contribution >= 0.6 is 0 Å². The summed E-state index contributed by atoms with van der Waals surface area (Å²) in [6, 6.07) is 1.90. The maximum absolute atomic E-state index is 12.5. The summed E-state index contributed by atoms with van der Waals surface area (Å²) >= 11 is 0. The molecule has 1 aromatic rings. The SMILES string of the molecule is CCCCC1CCC(C(=O)c2cc(C)oc2C)CC1. The second-order valence-corrected chi connectivity index (χ2v) is 6.05. The zero-order valence-corrected chi connectivity index (χ0v) is 12.5. The first-order valence-corrected chi connectivity index (χ1v) is 7.73. The zero-order valence-electron chi connectivity index (χ0n) is 12.5. The summed E-state index contributed by atoms with van der Waals surface area (Å²) in [6.45, 7) is 6.05. The lowest BCUT2D eigenvalue weighted by Crippen LogP contribution is -2.22. The monoisotopic (exact) mass is 262 g/mol. The highest BCUT2D eigenvalue weighted by Gasteiger charge is 2.28. The van der Waals surface area contributed by atoms with E-state index < -0.39 is 0 Å². The number of unbranched alkanes of at least 4 members (excludes halogenated alkanes) is 1. The lowest BCUT2D eigenvalue weighted by molar-refractivity contribution is 0.0868. The quantitative estimate of drug-likeness (QED) is 0.693. The van der Waals surface area contributed by atoms with Crippen LogP contribution in [0, 0.1) is 25.7 Å². The minimum absolute atomic E-state index is 0.230. The van der Waals surface area contributed by atoms with Crippen molar-refractivity contribution >= 4 is 5.78 Å². The van der Waals surface area contributed by atoms with Crippen LogP contribution in [0.5, 0.6) is 0 Å². The number of Topliss-reactive ketones (excluding diaryl/α,β-unsaturated/α-hetero) is 1. The van der Waals surface area contributed by atoms with Crippen LogP contribution in [0.4, 0.5) is 0 Å². The smallest absolute Gasteiger partial charge is 0.169 e. The first-order valence-electron chi connectivity index (χ1n) is 7.73. The molecule has 106 valence electrons. The summed E-state index contributed by atoms with van der Waals surface area (Å²) in [6.07, 6.45) is 8.56. The highest BCUT2D eigenvalue weighted by Crippen LogP contribution is 2.34. The van der Waals surface area contributed by atoms with Gasteiger partial charge in [-0.05, 0) is 51.5 Å². The summed E-state index contributed by atoms with van der Waals surface area (Å²) in [7, 11) is 0. The Balaban J connectivity index is 1.91. The second kappa shape index (κ2) is 6.40. The topological polar surface area (TPSA) is 30.2 Å². The Morgan fingerprint density at radius 1 is 1.26 bits per heavy atom. The standard InChI is InChI=1S/C17H26O2/c1-4-5-6-14-7-9-15(10-8-14)17(18)16-11-12(2)19-13(16)3/h11,14-15H,4-10H2,1-3H3. The van der Waals surface area contributed by atoms with Gasteiger partial charge in [0.05, 0.1) is 5.56 Å². The minimum Gasteiger partial charge on any atom is -0.466 e. The number of hydrogen-bond donors (Lipinski definition) is 0. The van der Waals surface area contributed by atoms with E-state index in [0.717, 1.165) is 35.8 Å². The molecule has 0 spiro atoms. The molecular formula is C17H26O2. The van der Waals surface area contributed by atoms with E-state index in [9.17, 15) is 4.79 Å².